The molecule has 0 saturated carbocycles. The van der Waals surface area contributed by atoms with Gasteiger partial charge in [0.05, 0.1) is 0 Å². The predicted octanol–water partition coefficient (Wildman–Crippen LogP) is 2.61. The van der Waals surface area contributed by atoms with Crippen LogP contribution in [0.15, 0.2) is 0 Å². The zero-order valence-corrected chi connectivity index (χ0v) is 4.93. The van der Waals surface area contributed by atoms with Crippen LogP contribution in [-0.4, -0.2) is 18.5 Å². The Morgan fingerprint density at radius 2 is 1.09 bits per heavy atom. The summed E-state index contributed by atoms with van der Waals surface area (Å²) < 4.78 is 76.6. The van der Waals surface area contributed by atoms with E-state index in [1.165, 1.54) is 0 Å². The third-order valence-electron chi connectivity index (χ3n) is 0.652. The van der Waals surface area contributed by atoms with Crippen molar-refractivity contribution < 1.29 is 30.7 Å². The van der Waals surface area contributed by atoms with Crippen molar-refractivity contribution >= 4 is 0 Å². The van der Waals surface area contributed by atoms with Crippen LogP contribution in [0.3, 0.4) is 0 Å². The molecule has 70 valence electrons. The molecule has 0 unspecified atom stereocenters. The molecule has 0 amide bonds. The predicted molar refractivity (Wildman–Crippen MR) is 22.0 cm³/mol. The van der Waals surface area contributed by atoms with E-state index in [2.05, 4.69) is 0 Å². The molecule has 0 aliphatic heterocycles. The third kappa shape index (κ3) is 2.52. The fraction of sp³-hybridized carbons (Fsp3) is 1.00. The summed E-state index contributed by atoms with van der Waals surface area (Å²) in [5.41, 5.74) is 0. The lowest BCUT2D eigenvalue weighted by Gasteiger charge is -2.17. The van der Waals surface area contributed by atoms with Crippen molar-refractivity contribution in [3.63, 3.8) is 0 Å². The Hall–Kier alpha value is -0.530. The summed E-state index contributed by atoms with van der Waals surface area (Å²) in [4.78, 5) is 0. The van der Waals surface area contributed by atoms with Crippen molar-refractivity contribution in [1.82, 2.24) is 6.15 Å². The maximum Gasteiger partial charge on any atom is 0.459 e. The lowest BCUT2D eigenvalue weighted by Crippen LogP contribution is -2.42. The van der Waals surface area contributed by atoms with E-state index in [1.807, 2.05) is 0 Å². The highest BCUT2D eigenvalue weighted by atomic mass is 19.4. The molecule has 0 atom stereocenters. The average molecular weight is 187 g/mol. The molecule has 0 bridgehead atoms. The van der Waals surface area contributed by atoms with Crippen LogP contribution in [-0.2, 0) is 0 Å². The fourth-order valence-electron chi connectivity index (χ4n) is 0.124. The molecule has 0 radical (unpaired) electrons. The molecule has 0 rings (SSSR count). The van der Waals surface area contributed by atoms with Gasteiger partial charge in [0.25, 0.3) is 0 Å². The van der Waals surface area contributed by atoms with E-state index >= 15 is 0 Å². The molecule has 0 aromatic carbocycles. The quantitative estimate of drug-likeness (QED) is 0.629. The monoisotopic (exact) mass is 187 g/mol. The van der Waals surface area contributed by atoms with E-state index in [0.717, 1.165) is 0 Å². The summed E-state index contributed by atoms with van der Waals surface area (Å²) in [5.74, 6) is -5.90. The molecular formula is C3H4F7N. The highest BCUT2D eigenvalue weighted by Crippen LogP contribution is 2.39. The van der Waals surface area contributed by atoms with Gasteiger partial charge in [-0.25, -0.2) is 8.78 Å². The SMILES string of the molecule is FC(F)C(F)(F)C(F)(F)F.N. The van der Waals surface area contributed by atoms with Gasteiger partial charge in [0.1, 0.15) is 0 Å². The van der Waals surface area contributed by atoms with Gasteiger partial charge in [-0.3, -0.25) is 0 Å². The number of rotatable bonds is 1. The van der Waals surface area contributed by atoms with E-state index in [0.29, 0.717) is 0 Å². The van der Waals surface area contributed by atoms with E-state index in [-0.39, 0.29) is 6.15 Å². The van der Waals surface area contributed by atoms with Gasteiger partial charge in [-0.1, -0.05) is 0 Å². The van der Waals surface area contributed by atoms with Crippen LogP contribution in [0.2, 0.25) is 0 Å². The van der Waals surface area contributed by atoms with E-state index < -0.39 is 18.5 Å². The normalized spacial score (nSPS) is 13.1. The topological polar surface area (TPSA) is 35.0 Å². The summed E-state index contributed by atoms with van der Waals surface area (Å²) in [6.07, 6.45) is -10.9. The Bertz CT molecular complexity index is 115. The van der Waals surface area contributed by atoms with Crippen LogP contribution < -0.4 is 6.15 Å². The first-order valence-electron chi connectivity index (χ1n) is 1.92. The lowest BCUT2D eigenvalue weighted by atomic mass is 10.3. The molecule has 8 heteroatoms. The fourth-order valence-corrected chi connectivity index (χ4v) is 0.124. The summed E-state index contributed by atoms with van der Waals surface area (Å²) in [7, 11) is 0. The minimum absolute atomic E-state index is 0. The molecule has 0 fully saturated rings. The standard InChI is InChI=1S/C3HF7.H3N/c4-1(5)2(6,7)3(8,9)10;/h1H;1H3. The van der Waals surface area contributed by atoms with E-state index in [1.54, 1.807) is 0 Å². The zero-order valence-electron chi connectivity index (χ0n) is 4.93. The van der Waals surface area contributed by atoms with Gasteiger partial charge in [-0.2, -0.15) is 22.0 Å². The van der Waals surface area contributed by atoms with Crippen LogP contribution in [0.4, 0.5) is 30.7 Å². The van der Waals surface area contributed by atoms with Crippen LogP contribution in [0.5, 0.6) is 0 Å². The number of hydrogen-bond donors (Lipinski definition) is 1. The molecule has 1 nitrogen and oxygen atoms in total. The second-order valence-corrected chi connectivity index (χ2v) is 1.42. The van der Waals surface area contributed by atoms with Crippen molar-refractivity contribution in [1.29, 1.82) is 0 Å². The second kappa shape index (κ2) is 3.24. The molecule has 3 N–H and O–H groups in total. The Labute approximate surface area is 56.8 Å². The molecule has 0 aromatic rings. The zero-order chi connectivity index (χ0) is 8.58. The third-order valence-corrected chi connectivity index (χ3v) is 0.652. The first-order valence-corrected chi connectivity index (χ1v) is 1.92. The van der Waals surface area contributed by atoms with Crippen molar-refractivity contribution in [2.75, 3.05) is 0 Å². The molecule has 11 heavy (non-hydrogen) atoms. The Balaban J connectivity index is 0. The van der Waals surface area contributed by atoms with Gasteiger partial charge in [0, 0.05) is 0 Å². The van der Waals surface area contributed by atoms with Gasteiger partial charge < -0.3 is 6.15 Å². The molecular weight excluding hydrogens is 183 g/mol. The Kier molecular flexibility index (Phi) is 3.86. The summed E-state index contributed by atoms with van der Waals surface area (Å²) in [6.45, 7) is 0. The molecule has 0 aliphatic rings. The molecule has 0 spiro atoms. The van der Waals surface area contributed by atoms with E-state index in [9.17, 15) is 30.7 Å². The molecule has 0 heterocycles. The van der Waals surface area contributed by atoms with Crippen molar-refractivity contribution in [3.05, 3.63) is 0 Å². The van der Waals surface area contributed by atoms with Crippen molar-refractivity contribution in [2.24, 2.45) is 0 Å². The smallest absolute Gasteiger partial charge is 0.344 e. The largest absolute Gasteiger partial charge is 0.459 e. The molecule has 0 aliphatic carbocycles. The highest BCUT2D eigenvalue weighted by molar-refractivity contribution is 4.77. The van der Waals surface area contributed by atoms with Gasteiger partial charge in [0.15, 0.2) is 0 Å². The summed E-state index contributed by atoms with van der Waals surface area (Å²) in [5, 5.41) is 0. The van der Waals surface area contributed by atoms with Crippen molar-refractivity contribution in [3.8, 4) is 0 Å². The lowest BCUT2D eigenvalue weighted by molar-refractivity contribution is -0.320. The summed E-state index contributed by atoms with van der Waals surface area (Å²) in [6, 6.07) is 0. The van der Waals surface area contributed by atoms with Crippen LogP contribution in [0.1, 0.15) is 0 Å². The number of halogens is 7. The van der Waals surface area contributed by atoms with Gasteiger partial charge in [-0.05, 0) is 0 Å². The first kappa shape index (κ1) is 13.1. The second-order valence-electron chi connectivity index (χ2n) is 1.42. The molecule has 0 saturated heterocycles. The van der Waals surface area contributed by atoms with Gasteiger partial charge >= 0.3 is 18.5 Å². The average Bonchev–Trinajstić information content (AvgIpc) is 1.62. The van der Waals surface area contributed by atoms with E-state index in [4.69, 9.17) is 0 Å². The Morgan fingerprint density at radius 3 is 1.09 bits per heavy atom. The maximum absolute atomic E-state index is 11.2. The molecule has 0 aromatic heterocycles. The summed E-state index contributed by atoms with van der Waals surface area (Å²) >= 11 is 0. The van der Waals surface area contributed by atoms with Crippen molar-refractivity contribution in [2.45, 2.75) is 18.5 Å². The highest BCUT2D eigenvalue weighted by Gasteiger charge is 2.64. The minimum atomic E-state index is -6.17. The van der Waals surface area contributed by atoms with Crippen LogP contribution >= 0.6 is 0 Å². The number of hydrogen-bond acceptors (Lipinski definition) is 1. The maximum atomic E-state index is 11.2. The number of alkyl halides is 7. The van der Waals surface area contributed by atoms with Gasteiger partial charge in [-0.15, -0.1) is 0 Å². The Morgan fingerprint density at radius 1 is 0.818 bits per heavy atom. The minimum Gasteiger partial charge on any atom is -0.344 e. The van der Waals surface area contributed by atoms with Crippen LogP contribution in [0.25, 0.3) is 0 Å². The van der Waals surface area contributed by atoms with Gasteiger partial charge in [0.2, 0.25) is 0 Å². The first-order chi connectivity index (χ1) is 4.19. The van der Waals surface area contributed by atoms with Crippen LogP contribution in [0, 0.1) is 0 Å².